The summed E-state index contributed by atoms with van der Waals surface area (Å²) in [7, 11) is 0. The zero-order valence-electron chi connectivity index (χ0n) is 11.5. The van der Waals surface area contributed by atoms with Gasteiger partial charge in [-0.15, -0.1) is 0 Å². The molecule has 1 amide bonds. The third-order valence-electron chi connectivity index (χ3n) is 2.70. The van der Waals surface area contributed by atoms with Crippen molar-refractivity contribution in [2.24, 2.45) is 0 Å². The van der Waals surface area contributed by atoms with Gasteiger partial charge in [-0.1, -0.05) is 36.9 Å². The minimum Gasteiger partial charge on any atom is -0.484 e. The summed E-state index contributed by atoms with van der Waals surface area (Å²) in [4.78, 5) is 11.7. The standard InChI is InChI=1S/C16H17N3O2/c1-12(13-6-5-7-14(17)10-13)18-19-16(20)11-21-15-8-3-2-4-9-15/h2-10,18H,1,11,17H2,(H,19,20). The number of ether oxygens (including phenoxy) is 1. The van der Waals surface area contributed by atoms with E-state index in [0.29, 0.717) is 17.1 Å². The second-order valence-corrected chi connectivity index (χ2v) is 4.38. The Bertz CT molecular complexity index is 626. The van der Waals surface area contributed by atoms with Crippen LogP contribution >= 0.6 is 0 Å². The number of hydrogen-bond acceptors (Lipinski definition) is 4. The second-order valence-electron chi connectivity index (χ2n) is 4.38. The average Bonchev–Trinajstić information content (AvgIpc) is 2.51. The fraction of sp³-hybridized carbons (Fsp3) is 0.0625. The van der Waals surface area contributed by atoms with E-state index in [2.05, 4.69) is 17.4 Å². The average molecular weight is 283 g/mol. The van der Waals surface area contributed by atoms with Crippen molar-refractivity contribution in [3.63, 3.8) is 0 Å². The van der Waals surface area contributed by atoms with Crippen LogP contribution in [0.3, 0.4) is 0 Å². The van der Waals surface area contributed by atoms with E-state index in [1.807, 2.05) is 30.3 Å². The number of para-hydroxylation sites is 1. The summed E-state index contributed by atoms with van der Waals surface area (Å²) in [6.07, 6.45) is 0. The van der Waals surface area contributed by atoms with Crippen LogP contribution in [0.2, 0.25) is 0 Å². The Labute approximate surface area is 123 Å². The van der Waals surface area contributed by atoms with Gasteiger partial charge in [0.1, 0.15) is 5.75 Å². The number of anilines is 1. The van der Waals surface area contributed by atoms with Crippen molar-refractivity contribution in [2.75, 3.05) is 12.3 Å². The molecule has 0 heterocycles. The normalized spacial score (nSPS) is 9.71. The molecule has 5 nitrogen and oxygen atoms in total. The van der Waals surface area contributed by atoms with Gasteiger partial charge >= 0.3 is 0 Å². The lowest BCUT2D eigenvalue weighted by Gasteiger charge is -2.12. The maximum Gasteiger partial charge on any atom is 0.276 e. The molecular formula is C16H17N3O2. The van der Waals surface area contributed by atoms with Gasteiger partial charge in [-0.3, -0.25) is 15.6 Å². The highest BCUT2D eigenvalue weighted by Crippen LogP contribution is 2.12. The highest BCUT2D eigenvalue weighted by atomic mass is 16.5. The van der Waals surface area contributed by atoms with E-state index < -0.39 is 0 Å². The fourth-order valence-corrected chi connectivity index (χ4v) is 1.65. The zero-order valence-corrected chi connectivity index (χ0v) is 11.5. The van der Waals surface area contributed by atoms with Crippen LogP contribution in [0, 0.1) is 0 Å². The Morgan fingerprint density at radius 2 is 1.86 bits per heavy atom. The van der Waals surface area contributed by atoms with E-state index in [0.717, 1.165) is 5.56 Å². The van der Waals surface area contributed by atoms with E-state index in [1.165, 1.54) is 0 Å². The highest BCUT2D eigenvalue weighted by Gasteiger charge is 2.04. The third-order valence-corrected chi connectivity index (χ3v) is 2.70. The highest BCUT2D eigenvalue weighted by molar-refractivity contribution is 5.78. The first-order valence-corrected chi connectivity index (χ1v) is 6.42. The molecule has 0 bridgehead atoms. The van der Waals surface area contributed by atoms with Crippen LogP contribution in [0.5, 0.6) is 5.75 Å². The van der Waals surface area contributed by atoms with Gasteiger partial charge in [-0.2, -0.15) is 0 Å². The van der Waals surface area contributed by atoms with Gasteiger partial charge in [0.2, 0.25) is 0 Å². The molecule has 0 aliphatic heterocycles. The molecule has 4 N–H and O–H groups in total. The topological polar surface area (TPSA) is 76.4 Å². The van der Waals surface area contributed by atoms with Crippen LogP contribution in [0.15, 0.2) is 61.2 Å². The quantitative estimate of drug-likeness (QED) is 0.559. The lowest BCUT2D eigenvalue weighted by molar-refractivity contribution is -0.123. The van der Waals surface area contributed by atoms with Crippen LogP contribution in [0.4, 0.5) is 5.69 Å². The molecule has 0 aromatic heterocycles. The molecule has 21 heavy (non-hydrogen) atoms. The summed E-state index contributed by atoms with van der Waals surface area (Å²) in [5.74, 6) is 0.339. The van der Waals surface area contributed by atoms with Crippen LogP contribution in [0.25, 0.3) is 5.70 Å². The van der Waals surface area contributed by atoms with Gasteiger partial charge < -0.3 is 10.5 Å². The maximum absolute atomic E-state index is 11.7. The van der Waals surface area contributed by atoms with Crippen LogP contribution in [-0.2, 0) is 4.79 Å². The number of rotatable bonds is 6. The second kappa shape index (κ2) is 7.00. The molecule has 2 aromatic carbocycles. The predicted molar refractivity (Wildman–Crippen MR) is 83.1 cm³/mol. The van der Waals surface area contributed by atoms with Gasteiger partial charge in [0, 0.05) is 11.3 Å². The number of carbonyl (C=O) groups is 1. The number of benzene rings is 2. The lowest BCUT2D eigenvalue weighted by atomic mass is 10.1. The number of nitrogens with two attached hydrogens (primary N) is 1. The van der Waals surface area contributed by atoms with Crippen molar-refractivity contribution in [2.45, 2.75) is 0 Å². The molecular weight excluding hydrogens is 266 g/mol. The molecule has 0 radical (unpaired) electrons. The maximum atomic E-state index is 11.7. The largest absolute Gasteiger partial charge is 0.484 e. The van der Waals surface area contributed by atoms with Crippen molar-refractivity contribution in [1.82, 2.24) is 10.9 Å². The molecule has 0 atom stereocenters. The molecule has 0 fully saturated rings. The summed E-state index contributed by atoms with van der Waals surface area (Å²) in [6.45, 7) is 3.75. The summed E-state index contributed by atoms with van der Waals surface area (Å²) in [5.41, 5.74) is 12.9. The summed E-state index contributed by atoms with van der Waals surface area (Å²) in [6, 6.07) is 16.3. The Hall–Kier alpha value is -2.95. The zero-order chi connectivity index (χ0) is 15.1. The molecule has 0 spiro atoms. The van der Waals surface area contributed by atoms with Gasteiger partial charge in [0.15, 0.2) is 6.61 Å². The van der Waals surface area contributed by atoms with Crippen molar-refractivity contribution >= 4 is 17.3 Å². The molecule has 108 valence electrons. The third kappa shape index (κ3) is 4.58. The molecule has 0 unspecified atom stereocenters. The fourth-order valence-electron chi connectivity index (χ4n) is 1.65. The SMILES string of the molecule is C=C(NNC(=O)COc1ccccc1)c1cccc(N)c1. The van der Waals surface area contributed by atoms with Gasteiger partial charge in [0.25, 0.3) is 5.91 Å². The first-order chi connectivity index (χ1) is 10.1. The smallest absolute Gasteiger partial charge is 0.276 e. The number of nitrogens with one attached hydrogen (secondary N) is 2. The molecule has 5 heteroatoms. The van der Waals surface area contributed by atoms with Crippen LogP contribution in [0.1, 0.15) is 5.56 Å². The Balaban J connectivity index is 1.77. The van der Waals surface area contributed by atoms with E-state index in [1.54, 1.807) is 24.3 Å². The first-order valence-electron chi connectivity index (χ1n) is 6.42. The minimum atomic E-state index is -0.302. The Kier molecular flexibility index (Phi) is 4.82. The first kappa shape index (κ1) is 14.5. The molecule has 0 saturated heterocycles. The summed E-state index contributed by atoms with van der Waals surface area (Å²) in [5, 5.41) is 0. The van der Waals surface area contributed by atoms with E-state index in [-0.39, 0.29) is 12.5 Å². The van der Waals surface area contributed by atoms with Gasteiger partial charge in [-0.05, 0) is 24.3 Å². The number of hydrogen-bond donors (Lipinski definition) is 3. The Morgan fingerprint density at radius 1 is 1.10 bits per heavy atom. The van der Waals surface area contributed by atoms with Crippen LogP contribution < -0.4 is 21.3 Å². The molecule has 0 aliphatic rings. The van der Waals surface area contributed by atoms with E-state index in [4.69, 9.17) is 10.5 Å². The molecule has 0 aliphatic carbocycles. The monoisotopic (exact) mass is 283 g/mol. The van der Waals surface area contributed by atoms with Crippen molar-refractivity contribution in [3.05, 3.63) is 66.7 Å². The van der Waals surface area contributed by atoms with E-state index in [9.17, 15) is 4.79 Å². The minimum absolute atomic E-state index is 0.0821. The molecule has 2 aromatic rings. The van der Waals surface area contributed by atoms with Gasteiger partial charge in [-0.25, -0.2) is 0 Å². The Morgan fingerprint density at radius 3 is 2.57 bits per heavy atom. The number of nitrogen functional groups attached to an aromatic ring is 1. The predicted octanol–water partition coefficient (Wildman–Crippen LogP) is 1.94. The number of carbonyl (C=O) groups excluding carboxylic acids is 1. The number of amides is 1. The summed E-state index contributed by atoms with van der Waals surface area (Å²) >= 11 is 0. The van der Waals surface area contributed by atoms with Crippen molar-refractivity contribution in [1.29, 1.82) is 0 Å². The molecule has 0 saturated carbocycles. The van der Waals surface area contributed by atoms with Crippen molar-refractivity contribution < 1.29 is 9.53 Å². The van der Waals surface area contributed by atoms with Crippen LogP contribution in [-0.4, -0.2) is 12.5 Å². The lowest BCUT2D eigenvalue weighted by Crippen LogP contribution is -2.38. The van der Waals surface area contributed by atoms with E-state index >= 15 is 0 Å². The summed E-state index contributed by atoms with van der Waals surface area (Å²) < 4.78 is 5.32. The molecule has 2 rings (SSSR count). The van der Waals surface area contributed by atoms with Gasteiger partial charge in [0.05, 0.1) is 5.70 Å². The van der Waals surface area contributed by atoms with Crippen molar-refractivity contribution in [3.8, 4) is 5.75 Å². The number of hydrazine groups is 1.